The summed E-state index contributed by atoms with van der Waals surface area (Å²) in [6.45, 7) is 3.41. The SMILES string of the molecule is CN=C(NCc1ccc(OC)cc1)NCc1ccc(C)c(OC)c1. The third-order valence-electron chi connectivity index (χ3n) is 3.78. The lowest BCUT2D eigenvalue weighted by Crippen LogP contribution is -2.36. The highest BCUT2D eigenvalue weighted by atomic mass is 16.5. The monoisotopic (exact) mass is 327 g/mol. The number of ether oxygens (including phenoxy) is 2. The maximum Gasteiger partial charge on any atom is 0.191 e. The molecule has 0 saturated carbocycles. The first-order valence-corrected chi connectivity index (χ1v) is 7.87. The van der Waals surface area contributed by atoms with Gasteiger partial charge in [-0.3, -0.25) is 4.99 Å². The van der Waals surface area contributed by atoms with E-state index in [1.165, 1.54) is 0 Å². The highest BCUT2D eigenvalue weighted by molar-refractivity contribution is 5.79. The van der Waals surface area contributed by atoms with Crippen molar-refractivity contribution in [2.75, 3.05) is 21.3 Å². The minimum absolute atomic E-state index is 0.679. The number of guanidine groups is 1. The van der Waals surface area contributed by atoms with E-state index in [4.69, 9.17) is 9.47 Å². The van der Waals surface area contributed by atoms with Crippen LogP contribution in [0.3, 0.4) is 0 Å². The van der Waals surface area contributed by atoms with E-state index in [1.54, 1.807) is 21.3 Å². The first-order valence-electron chi connectivity index (χ1n) is 7.87. The summed E-state index contributed by atoms with van der Waals surface area (Å²) in [5.74, 6) is 2.51. The molecule has 0 radical (unpaired) electrons. The van der Waals surface area contributed by atoms with Crippen LogP contribution < -0.4 is 20.1 Å². The van der Waals surface area contributed by atoms with Crippen molar-refractivity contribution in [1.82, 2.24) is 10.6 Å². The van der Waals surface area contributed by atoms with Crippen molar-refractivity contribution in [2.45, 2.75) is 20.0 Å². The molecule has 0 saturated heterocycles. The molecule has 0 spiro atoms. The van der Waals surface area contributed by atoms with Crippen molar-refractivity contribution < 1.29 is 9.47 Å². The molecule has 0 aromatic heterocycles. The van der Waals surface area contributed by atoms with E-state index >= 15 is 0 Å². The number of hydrogen-bond donors (Lipinski definition) is 2. The summed E-state index contributed by atoms with van der Waals surface area (Å²) in [5, 5.41) is 6.61. The minimum Gasteiger partial charge on any atom is -0.497 e. The number of methoxy groups -OCH3 is 2. The summed E-state index contributed by atoms with van der Waals surface area (Å²) in [7, 11) is 5.12. The van der Waals surface area contributed by atoms with E-state index in [-0.39, 0.29) is 0 Å². The predicted octanol–water partition coefficient (Wildman–Crippen LogP) is 2.88. The van der Waals surface area contributed by atoms with Gasteiger partial charge in [0.15, 0.2) is 5.96 Å². The Morgan fingerprint density at radius 2 is 1.54 bits per heavy atom. The molecule has 0 aliphatic heterocycles. The van der Waals surface area contributed by atoms with Gasteiger partial charge in [0, 0.05) is 20.1 Å². The molecule has 2 rings (SSSR count). The van der Waals surface area contributed by atoms with E-state index in [9.17, 15) is 0 Å². The Bertz CT molecular complexity index is 682. The van der Waals surface area contributed by atoms with Crippen LogP contribution in [0.25, 0.3) is 0 Å². The first kappa shape index (κ1) is 17.7. The van der Waals surface area contributed by atoms with E-state index in [2.05, 4.69) is 27.8 Å². The first-order chi connectivity index (χ1) is 11.7. The van der Waals surface area contributed by atoms with Crippen molar-refractivity contribution >= 4 is 5.96 Å². The summed E-state index contributed by atoms with van der Waals surface area (Å²) >= 11 is 0. The summed E-state index contributed by atoms with van der Waals surface area (Å²) in [4.78, 5) is 4.25. The van der Waals surface area contributed by atoms with Crippen LogP contribution in [0.15, 0.2) is 47.5 Å². The molecule has 0 aliphatic rings. The number of nitrogens with zero attached hydrogens (tertiary/aromatic N) is 1. The zero-order valence-electron chi connectivity index (χ0n) is 14.7. The van der Waals surface area contributed by atoms with Crippen molar-refractivity contribution in [3.8, 4) is 11.5 Å². The average molecular weight is 327 g/mol. The van der Waals surface area contributed by atoms with E-state index in [0.717, 1.165) is 34.1 Å². The van der Waals surface area contributed by atoms with Crippen molar-refractivity contribution in [3.05, 3.63) is 59.2 Å². The van der Waals surface area contributed by atoms with E-state index < -0.39 is 0 Å². The Hall–Kier alpha value is -2.69. The Kier molecular flexibility index (Phi) is 6.49. The molecular formula is C19H25N3O2. The average Bonchev–Trinajstić information content (AvgIpc) is 2.63. The fourth-order valence-corrected chi connectivity index (χ4v) is 2.31. The van der Waals surface area contributed by atoms with E-state index in [1.807, 2.05) is 37.3 Å². The Morgan fingerprint density at radius 1 is 0.917 bits per heavy atom. The molecule has 0 amide bonds. The summed E-state index contributed by atoms with van der Waals surface area (Å²) < 4.78 is 10.5. The minimum atomic E-state index is 0.679. The Balaban J connectivity index is 1.88. The zero-order chi connectivity index (χ0) is 17.4. The zero-order valence-corrected chi connectivity index (χ0v) is 14.7. The molecule has 0 aliphatic carbocycles. The molecule has 0 unspecified atom stereocenters. The summed E-state index contributed by atoms with van der Waals surface area (Å²) in [5.41, 5.74) is 3.43. The number of aryl methyl sites for hydroxylation is 1. The quantitative estimate of drug-likeness (QED) is 0.633. The topological polar surface area (TPSA) is 54.9 Å². The highest BCUT2D eigenvalue weighted by Crippen LogP contribution is 2.18. The van der Waals surface area contributed by atoms with Gasteiger partial charge in [-0.15, -0.1) is 0 Å². The molecule has 5 nitrogen and oxygen atoms in total. The van der Waals surface area contributed by atoms with Crippen LogP contribution in [-0.4, -0.2) is 27.2 Å². The molecule has 128 valence electrons. The molecule has 2 aromatic carbocycles. The summed E-state index contributed by atoms with van der Waals surface area (Å²) in [6.07, 6.45) is 0. The number of nitrogens with one attached hydrogen (secondary N) is 2. The van der Waals surface area contributed by atoms with Gasteiger partial charge >= 0.3 is 0 Å². The number of rotatable bonds is 6. The second-order valence-electron chi connectivity index (χ2n) is 5.43. The lowest BCUT2D eigenvalue weighted by molar-refractivity contribution is 0.411. The lowest BCUT2D eigenvalue weighted by Gasteiger charge is -2.13. The smallest absolute Gasteiger partial charge is 0.191 e. The lowest BCUT2D eigenvalue weighted by atomic mass is 10.1. The van der Waals surface area contributed by atoms with Crippen LogP contribution in [-0.2, 0) is 13.1 Å². The van der Waals surface area contributed by atoms with Gasteiger partial charge in [-0.25, -0.2) is 0 Å². The number of aliphatic imine (C=N–C) groups is 1. The van der Waals surface area contributed by atoms with Crippen LogP contribution in [0.2, 0.25) is 0 Å². The van der Waals surface area contributed by atoms with Gasteiger partial charge in [-0.1, -0.05) is 24.3 Å². The molecule has 0 fully saturated rings. The fraction of sp³-hybridized carbons (Fsp3) is 0.316. The normalized spacial score (nSPS) is 11.1. The van der Waals surface area contributed by atoms with Gasteiger partial charge in [-0.2, -0.15) is 0 Å². The molecular weight excluding hydrogens is 302 g/mol. The maximum atomic E-state index is 5.36. The molecule has 2 N–H and O–H groups in total. The van der Waals surface area contributed by atoms with Crippen LogP contribution in [0.4, 0.5) is 0 Å². The fourth-order valence-electron chi connectivity index (χ4n) is 2.31. The van der Waals surface area contributed by atoms with Gasteiger partial charge in [0.05, 0.1) is 14.2 Å². The largest absolute Gasteiger partial charge is 0.497 e. The van der Waals surface area contributed by atoms with Crippen molar-refractivity contribution in [3.63, 3.8) is 0 Å². The van der Waals surface area contributed by atoms with Crippen LogP contribution >= 0.6 is 0 Å². The van der Waals surface area contributed by atoms with Gasteiger partial charge < -0.3 is 20.1 Å². The standard InChI is InChI=1S/C19H25N3O2/c1-14-5-6-16(11-18(14)24-4)13-22-19(20-2)21-12-15-7-9-17(23-3)10-8-15/h5-11H,12-13H2,1-4H3,(H2,20,21,22). The molecule has 24 heavy (non-hydrogen) atoms. The molecule has 0 bridgehead atoms. The third kappa shape index (κ3) is 4.91. The predicted molar refractivity (Wildman–Crippen MR) is 97.8 cm³/mol. The Labute approximate surface area is 143 Å². The second-order valence-corrected chi connectivity index (χ2v) is 5.43. The Morgan fingerprint density at radius 3 is 2.12 bits per heavy atom. The maximum absolute atomic E-state index is 5.36. The molecule has 0 heterocycles. The van der Waals surface area contributed by atoms with Gasteiger partial charge in [-0.05, 0) is 41.8 Å². The van der Waals surface area contributed by atoms with Crippen LogP contribution in [0.1, 0.15) is 16.7 Å². The number of hydrogen-bond acceptors (Lipinski definition) is 3. The molecule has 0 atom stereocenters. The van der Waals surface area contributed by atoms with E-state index in [0.29, 0.717) is 13.1 Å². The van der Waals surface area contributed by atoms with Crippen molar-refractivity contribution in [1.29, 1.82) is 0 Å². The number of benzene rings is 2. The highest BCUT2D eigenvalue weighted by Gasteiger charge is 2.03. The molecule has 2 aromatic rings. The van der Waals surface area contributed by atoms with Gasteiger partial charge in [0.1, 0.15) is 11.5 Å². The molecule has 5 heteroatoms. The van der Waals surface area contributed by atoms with Crippen LogP contribution in [0, 0.1) is 6.92 Å². The van der Waals surface area contributed by atoms with Gasteiger partial charge in [0.25, 0.3) is 0 Å². The third-order valence-corrected chi connectivity index (χ3v) is 3.78. The van der Waals surface area contributed by atoms with Crippen LogP contribution in [0.5, 0.6) is 11.5 Å². The summed E-state index contributed by atoms with van der Waals surface area (Å²) in [6, 6.07) is 14.1. The van der Waals surface area contributed by atoms with Crippen molar-refractivity contribution in [2.24, 2.45) is 4.99 Å². The van der Waals surface area contributed by atoms with Gasteiger partial charge in [0.2, 0.25) is 0 Å². The second kappa shape index (κ2) is 8.82.